The third-order valence-corrected chi connectivity index (χ3v) is 3.61. The lowest BCUT2D eigenvalue weighted by molar-refractivity contribution is 0.229. The number of piperidine rings is 1. The van der Waals surface area contributed by atoms with E-state index in [1.165, 1.54) is 6.20 Å². The summed E-state index contributed by atoms with van der Waals surface area (Å²) in [6.07, 6.45) is 5.23. The van der Waals surface area contributed by atoms with Gasteiger partial charge in [-0.05, 0) is 26.4 Å². The molecule has 1 N–H and O–H groups in total. The molecule has 1 fully saturated rings. The van der Waals surface area contributed by atoms with Gasteiger partial charge in [0.05, 0.1) is 23.7 Å². The molecule has 2 heterocycles. The maximum absolute atomic E-state index is 11.3. The topological polar surface area (TPSA) is 76.5 Å². The number of nitrogens with zero attached hydrogens (tertiary/aromatic N) is 4. The van der Waals surface area contributed by atoms with Crippen LogP contribution in [0.1, 0.15) is 12.8 Å². The highest BCUT2D eigenvalue weighted by Gasteiger charge is 2.20. The maximum atomic E-state index is 11.3. The molecule has 1 aliphatic heterocycles. The van der Waals surface area contributed by atoms with Crippen LogP contribution in [0.3, 0.4) is 0 Å². The van der Waals surface area contributed by atoms with E-state index in [9.17, 15) is 8.76 Å². The van der Waals surface area contributed by atoms with Crippen molar-refractivity contribution in [2.45, 2.75) is 18.9 Å². The Morgan fingerprint density at radius 3 is 2.84 bits per heavy atom. The van der Waals surface area contributed by atoms with Gasteiger partial charge < -0.3 is 9.45 Å². The van der Waals surface area contributed by atoms with E-state index in [-0.39, 0.29) is 18.4 Å². The zero-order chi connectivity index (χ0) is 13.1. The van der Waals surface area contributed by atoms with Crippen molar-refractivity contribution >= 4 is 29.4 Å². The molecule has 1 unspecified atom stereocenters. The second kappa shape index (κ2) is 7.20. The lowest BCUT2D eigenvalue weighted by Crippen LogP contribution is -2.52. The lowest BCUT2D eigenvalue weighted by atomic mass is 10.1. The first-order valence-corrected chi connectivity index (χ1v) is 6.92. The number of anilines is 1. The summed E-state index contributed by atoms with van der Waals surface area (Å²) in [4.78, 5) is 2.19. The molecule has 1 aromatic rings. The van der Waals surface area contributed by atoms with Crippen molar-refractivity contribution in [1.29, 1.82) is 0 Å². The van der Waals surface area contributed by atoms with Crippen LogP contribution in [0.5, 0.6) is 0 Å². The Bertz CT molecular complexity index is 430. The molecular formula is C10H19ClN5O2S-. The molecule has 2 atom stereocenters. The molecule has 0 saturated carbocycles. The van der Waals surface area contributed by atoms with Gasteiger partial charge in [-0.2, -0.15) is 5.10 Å². The molecule has 110 valence electrons. The Morgan fingerprint density at radius 2 is 2.32 bits per heavy atom. The molecule has 0 aliphatic carbocycles. The Balaban J connectivity index is 0.00000180. The first-order valence-electron chi connectivity index (χ1n) is 5.89. The fourth-order valence-electron chi connectivity index (χ4n) is 2.15. The van der Waals surface area contributed by atoms with Gasteiger partial charge >= 0.3 is 0 Å². The second-order valence-corrected chi connectivity index (χ2v) is 5.41. The Labute approximate surface area is 121 Å². The van der Waals surface area contributed by atoms with Crippen LogP contribution < -0.4 is 9.84 Å². The molecule has 7 nitrogen and oxygen atoms in total. The number of hydrogen-bond donors (Lipinski definition) is 1. The average molecular weight is 309 g/mol. The normalized spacial score (nSPS) is 21.7. The van der Waals surface area contributed by atoms with Crippen LogP contribution >= 0.6 is 12.4 Å². The van der Waals surface area contributed by atoms with Crippen LogP contribution in [0.2, 0.25) is 0 Å². The highest BCUT2D eigenvalue weighted by atomic mass is 35.5. The van der Waals surface area contributed by atoms with Crippen LogP contribution in [0.15, 0.2) is 12.4 Å². The molecule has 0 spiro atoms. The zero-order valence-corrected chi connectivity index (χ0v) is 12.6. The summed E-state index contributed by atoms with van der Waals surface area (Å²) >= 11 is -2.35. The third-order valence-electron chi connectivity index (χ3n) is 3.00. The maximum Gasteiger partial charge on any atom is 0.104 e. The van der Waals surface area contributed by atoms with Crippen molar-refractivity contribution in [3.63, 3.8) is 0 Å². The van der Waals surface area contributed by atoms with Gasteiger partial charge in [-0.15, -0.1) is 12.4 Å². The second-order valence-electron chi connectivity index (χ2n) is 4.61. The van der Waals surface area contributed by atoms with E-state index in [0.717, 1.165) is 30.3 Å². The van der Waals surface area contributed by atoms with Gasteiger partial charge in [0.2, 0.25) is 0 Å². The quantitative estimate of drug-likeness (QED) is 0.628. The number of likely N-dealkylation sites (tertiary alicyclic amines) is 1. The van der Waals surface area contributed by atoms with Gasteiger partial charge in [0.1, 0.15) is 5.69 Å². The van der Waals surface area contributed by atoms with Crippen LogP contribution in [-0.4, -0.2) is 49.6 Å². The molecule has 0 amide bonds. The minimum Gasteiger partial charge on any atom is -0.754 e. The minimum absolute atomic E-state index is 0. The summed E-state index contributed by atoms with van der Waals surface area (Å²) in [6, 6.07) is 0.141. The number of nitrogens with one attached hydrogen (secondary N) is 1. The smallest absolute Gasteiger partial charge is 0.104 e. The van der Waals surface area contributed by atoms with Gasteiger partial charge in [0.15, 0.2) is 0 Å². The monoisotopic (exact) mass is 308 g/mol. The summed E-state index contributed by atoms with van der Waals surface area (Å²) in [5.41, 5.74) is 3.57. The lowest BCUT2D eigenvalue weighted by Gasteiger charge is -2.35. The standard InChI is InChI=1S/C10H19N5O2S.ClH/c1-13-5-3-4-9(7-13)12-15(18(16)17)10-6-11-14(2)8-10;/h6,8-9,12H,3-5,7H2,1-2H3,(H,16,17);1H/p-1/t9-;/m0./s1. The van der Waals surface area contributed by atoms with Gasteiger partial charge in [0.25, 0.3) is 0 Å². The molecule has 0 bridgehead atoms. The highest BCUT2D eigenvalue weighted by molar-refractivity contribution is 7.80. The molecular weight excluding hydrogens is 290 g/mol. The Hall–Kier alpha value is -0.670. The largest absolute Gasteiger partial charge is 0.754 e. The SMILES string of the molecule is CN1CCC[C@H](NN(c2cnn(C)c2)S(=O)[O-])C1.Cl. The summed E-state index contributed by atoms with van der Waals surface area (Å²) in [6.45, 7) is 1.90. The third kappa shape index (κ3) is 4.43. The summed E-state index contributed by atoms with van der Waals surface area (Å²) < 4.78 is 25.3. The van der Waals surface area contributed by atoms with Gasteiger partial charge in [-0.1, -0.05) is 0 Å². The van der Waals surface area contributed by atoms with Crippen molar-refractivity contribution in [3.8, 4) is 0 Å². The average Bonchev–Trinajstić information content (AvgIpc) is 2.72. The van der Waals surface area contributed by atoms with Crippen molar-refractivity contribution in [2.24, 2.45) is 7.05 Å². The Morgan fingerprint density at radius 1 is 1.58 bits per heavy atom. The Kier molecular flexibility index (Phi) is 6.21. The van der Waals surface area contributed by atoms with Crippen molar-refractivity contribution in [3.05, 3.63) is 12.4 Å². The molecule has 9 heteroatoms. The molecule has 19 heavy (non-hydrogen) atoms. The van der Waals surface area contributed by atoms with E-state index in [0.29, 0.717) is 5.69 Å². The summed E-state index contributed by atoms with van der Waals surface area (Å²) in [5.74, 6) is 0. The fourth-order valence-corrected chi connectivity index (χ4v) is 2.66. The number of aromatic nitrogens is 2. The number of aryl methyl sites for hydroxylation is 1. The van der Waals surface area contributed by atoms with Crippen LogP contribution in [-0.2, 0) is 18.3 Å². The highest BCUT2D eigenvalue weighted by Crippen LogP contribution is 2.14. The predicted octanol–water partition coefficient (Wildman–Crippen LogP) is 0.0412. The number of rotatable bonds is 4. The number of hydrazine groups is 1. The molecule has 0 radical (unpaired) electrons. The van der Waals surface area contributed by atoms with Gasteiger partial charge in [-0.3, -0.25) is 8.89 Å². The van der Waals surface area contributed by atoms with Gasteiger partial charge in [-0.25, -0.2) is 9.84 Å². The van der Waals surface area contributed by atoms with Crippen molar-refractivity contribution < 1.29 is 8.76 Å². The molecule has 1 aliphatic rings. The minimum atomic E-state index is -2.35. The van der Waals surface area contributed by atoms with Gasteiger partial charge in [0, 0.05) is 19.6 Å². The molecule has 1 saturated heterocycles. The van der Waals surface area contributed by atoms with Crippen LogP contribution in [0, 0.1) is 0 Å². The number of hydrogen-bond acceptors (Lipinski definition) is 5. The number of halogens is 1. The summed E-state index contributed by atoms with van der Waals surface area (Å²) in [5, 5.41) is 3.98. The van der Waals surface area contributed by atoms with E-state index in [1.807, 2.05) is 7.05 Å². The van der Waals surface area contributed by atoms with E-state index < -0.39 is 11.3 Å². The van der Waals surface area contributed by atoms with E-state index in [4.69, 9.17) is 0 Å². The molecule has 2 rings (SSSR count). The summed E-state index contributed by atoms with van der Waals surface area (Å²) in [7, 11) is 3.79. The van der Waals surface area contributed by atoms with E-state index >= 15 is 0 Å². The molecule has 1 aromatic heterocycles. The van der Waals surface area contributed by atoms with Crippen LogP contribution in [0.4, 0.5) is 5.69 Å². The van der Waals surface area contributed by atoms with Crippen LogP contribution in [0.25, 0.3) is 0 Å². The fraction of sp³-hybridized carbons (Fsp3) is 0.700. The van der Waals surface area contributed by atoms with E-state index in [2.05, 4.69) is 15.4 Å². The van der Waals surface area contributed by atoms with E-state index in [1.54, 1.807) is 17.9 Å². The first-order chi connectivity index (χ1) is 8.56. The zero-order valence-electron chi connectivity index (χ0n) is 11.0. The predicted molar refractivity (Wildman–Crippen MR) is 75.5 cm³/mol. The molecule has 0 aromatic carbocycles. The van der Waals surface area contributed by atoms with Crippen molar-refractivity contribution in [1.82, 2.24) is 20.1 Å². The number of likely N-dealkylation sites (N-methyl/N-ethyl adjacent to an activating group) is 1. The first kappa shape index (κ1) is 16.4. The van der Waals surface area contributed by atoms with Crippen molar-refractivity contribution in [2.75, 3.05) is 24.6 Å².